The number of rotatable bonds is 15. The minimum absolute atomic E-state index is 0. The fourth-order valence-electron chi connectivity index (χ4n) is 3.93. The van der Waals surface area contributed by atoms with E-state index in [2.05, 4.69) is 24.0 Å². The molecule has 2 aromatic carbocycles. The Hall–Kier alpha value is -2.12. The van der Waals surface area contributed by atoms with Gasteiger partial charge in [-0.3, -0.25) is 9.69 Å². The molecule has 216 valence electrons. The SMILES string of the molecule is CCc1ccc2nc(N(CCCN(C)C)C(=O)c3ccc(S(=O)(=O)N(CCOC)CCOC)cc3)sc2c1.Cl. The molecule has 0 bridgehead atoms. The molecule has 0 atom stereocenters. The number of fused-ring (bicyclic) bond motifs is 1. The van der Waals surface area contributed by atoms with Crippen LogP contribution in [0.5, 0.6) is 0 Å². The van der Waals surface area contributed by atoms with Gasteiger partial charge in [0.05, 0.1) is 28.3 Å². The number of hydrogen-bond donors (Lipinski definition) is 0. The Morgan fingerprint density at radius 3 is 2.15 bits per heavy atom. The van der Waals surface area contributed by atoms with Crippen molar-refractivity contribution in [3.05, 3.63) is 53.6 Å². The minimum atomic E-state index is -3.78. The summed E-state index contributed by atoms with van der Waals surface area (Å²) in [6.07, 6.45) is 1.70. The van der Waals surface area contributed by atoms with E-state index in [0.717, 1.165) is 29.6 Å². The van der Waals surface area contributed by atoms with Gasteiger partial charge in [0.15, 0.2) is 5.13 Å². The zero-order valence-electron chi connectivity index (χ0n) is 23.3. The summed E-state index contributed by atoms with van der Waals surface area (Å²) in [7, 11) is 3.28. The van der Waals surface area contributed by atoms with Crippen LogP contribution in [0, 0.1) is 0 Å². The number of carbonyl (C=O) groups excluding carboxylic acids is 1. The molecule has 3 rings (SSSR count). The maximum Gasteiger partial charge on any atom is 0.260 e. The van der Waals surface area contributed by atoms with Crippen LogP contribution in [0.1, 0.15) is 29.3 Å². The van der Waals surface area contributed by atoms with E-state index >= 15 is 0 Å². The number of carbonyl (C=O) groups is 1. The van der Waals surface area contributed by atoms with Crippen LogP contribution in [0.4, 0.5) is 5.13 Å². The number of aromatic nitrogens is 1. The van der Waals surface area contributed by atoms with Crippen molar-refractivity contribution in [3.63, 3.8) is 0 Å². The number of amides is 1. The van der Waals surface area contributed by atoms with Crippen LogP contribution in [0.3, 0.4) is 0 Å². The van der Waals surface area contributed by atoms with Crippen molar-refractivity contribution in [1.29, 1.82) is 0 Å². The van der Waals surface area contributed by atoms with E-state index in [1.165, 1.54) is 47.6 Å². The van der Waals surface area contributed by atoms with Gasteiger partial charge in [0, 0.05) is 39.4 Å². The van der Waals surface area contributed by atoms with Crippen LogP contribution >= 0.6 is 23.7 Å². The topological polar surface area (TPSA) is 92.3 Å². The molecule has 0 unspecified atom stereocenters. The van der Waals surface area contributed by atoms with E-state index in [0.29, 0.717) is 17.2 Å². The lowest BCUT2D eigenvalue weighted by atomic mass is 10.2. The predicted octanol–water partition coefficient (Wildman–Crippen LogP) is 4.16. The van der Waals surface area contributed by atoms with Crippen LogP contribution in [0.2, 0.25) is 0 Å². The van der Waals surface area contributed by atoms with Gasteiger partial charge in [-0.05, 0) is 75.4 Å². The molecule has 0 N–H and O–H groups in total. The van der Waals surface area contributed by atoms with E-state index in [1.807, 2.05) is 20.2 Å². The van der Waals surface area contributed by atoms with E-state index < -0.39 is 10.0 Å². The molecule has 0 aliphatic rings. The molecular weight excluding hydrogens is 560 g/mol. The molecule has 0 radical (unpaired) electrons. The molecule has 1 heterocycles. The molecule has 0 saturated heterocycles. The van der Waals surface area contributed by atoms with Gasteiger partial charge >= 0.3 is 0 Å². The maximum absolute atomic E-state index is 13.7. The molecule has 39 heavy (non-hydrogen) atoms. The summed E-state index contributed by atoms with van der Waals surface area (Å²) in [5.41, 5.74) is 2.49. The van der Waals surface area contributed by atoms with Gasteiger partial charge in [-0.1, -0.05) is 24.3 Å². The fraction of sp³-hybridized carbons (Fsp3) is 0.481. The summed E-state index contributed by atoms with van der Waals surface area (Å²) < 4.78 is 39.0. The number of sulfonamides is 1. The predicted molar refractivity (Wildman–Crippen MR) is 160 cm³/mol. The zero-order chi connectivity index (χ0) is 27.7. The minimum Gasteiger partial charge on any atom is -0.383 e. The van der Waals surface area contributed by atoms with Crippen molar-refractivity contribution < 1.29 is 22.7 Å². The number of methoxy groups -OCH3 is 2. The Labute approximate surface area is 242 Å². The van der Waals surface area contributed by atoms with Crippen LogP contribution in [-0.2, 0) is 25.9 Å². The molecule has 1 amide bonds. The Morgan fingerprint density at radius 2 is 1.59 bits per heavy atom. The van der Waals surface area contributed by atoms with Crippen molar-refractivity contribution >= 4 is 55.0 Å². The highest BCUT2D eigenvalue weighted by molar-refractivity contribution is 7.89. The van der Waals surface area contributed by atoms with E-state index in [4.69, 9.17) is 14.5 Å². The van der Waals surface area contributed by atoms with Gasteiger partial charge in [0.2, 0.25) is 10.0 Å². The lowest BCUT2D eigenvalue weighted by Gasteiger charge is -2.22. The first kappa shape index (κ1) is 33.1. The largest absolute Gasteiger partial charge is 0.383 e. The molecule has 0 fully saturated rings. The summed E-state index contributed by atoms with van der Waals surface area (Å²) in [5.74, 6) is -0.210. The number of benzene rings is 2. The molecule has 3 aromatic rings. The molecule has 0 aliphatic carbocycles. The molecule has 0 aliphatic heterocycles. The number of hydrogen-bond acceptors (Lipinski definition) is 8. The fourth-order valence-corrected chi connectivity index (χ4v) is 6.40. The Bertz CT molecular complexity index is 1290. The number of ether oxygens (including phenoxy) is 2. The van der Waals surface area contributed by atoms with Crippen molar-refractivity contribution in [2.45, 2.75) is 24.7 Å². The summed E-state index contributed by atoms with van der Waals surface area (Å²) in [4.78, 5) is 22.3. The van der Waals surface area contributed by atoms with E-state index in [-0.39, 0.29) is 49.5 Å². The Kier molecular flexibility index (Phi) is 13.2. The third-order valence-electron chi connectivity index (χ3n) is 6.14. The van der Waals surface area contributed by atoms with Crippen molar-refractivity contribution in [3.8, 4) is 0 Å². The lowest BCUT2D eigenvalue weighted by Crippen LogP contribution is -2.36. The highest BCUT2D eigenvalue weighted by Gasteiger charge is 2.26. The second-order valence-electron chi connectivity index (χ2n) is 9.18. The monoisotopic (exact) mass is 598 g/mol. The molecule has 12 heteroatoms. The van der Waals surface area contributed by atoms with Crippen LogP contribution in [-0.4, -0.2) is 96.2 Å². The number of thiazole rings is 1. The number of aryl methyl sites for hydroxylation is 1. The lowest BCUT2D eigenvalue weighted by molar-refractivity contribution is 0.0986. The quantitative estimate of drug-likeness (QED) is 0.259. The molecule has 9 nitrogen and oxygen atoms in total. The van der Waals surface area contributed by atoms with Crippen LogP contribution < -0.4 is 4.90 Å². The summed E-state index contributed by atoms with van der Waals surface area (Å²) in [6, 6.07) is 12.3. The first-order valence-electron chi connectivity index (χ1n) is 12.7. The summed E-state index contributed by atoms with van der Waals surface area (Å²) >= 11 is 1.50. The van der Waals surface area contributed by atoms with Gasteiger partial charge < -0.3 is 14.4 Å². The first-order valence-corrected chi connectivity index (χ1v) is 14.9. The van der Waals surface area contributed by atoms with Crippen LogP contribution in [0.15, 0.2) is 47.4 Å². The first-order chi connectivity index (χ1) is 18.2. The molecule has 1 aromatic heterocycles. The van der Waals surface area contributed by atoms with Gasteiger partial charge in [0.1, 0.15) is 0 Å². The smallest absolute Gasteiger partial charge is 0.260 e. The number of anilines is 1. The summed E-state index contributed by atoms with van der Waals surface area (Å²) in [5, 5.41) is 0.638. The van der Waals surface area contributed by atoms with Crippen LogP contribution in [0.25, 0.3) is 10.2 Å². The highest BCUT2D eigenvalue weighted by Crippen LogP contribution is 2.31. The van der Waals surface area contributed by atoms with Gasteiger partial charge in [-0.25, -0.2) is 13.4 Å². The van der Waals surface area contributed by atoms with Crippen molar-refractivity contribution in [2.24, 2.45) is 0 Å². The standard InChI is InChI=1S/C27H38N4O5S2.ClH/c1-6-21-8-13-24-25(20-21)37-27(28-24)31(15-7-14-29(2)3)26(32)22-9-11-23(12-10-22)38(33,34)30(16-18-35-4)17-19-36-5;/h8-13,20H,6-7,14-19H2,1-5H3;1H. The van der Waals surface area contributed by atoms with Crippen molar-refractivity contribution in [1.82, 2.24) is 14.2 Å². The van der Waals surface area contributed by atoms with E-state index in [1.54, 1.807) is 17.0 Å². The van der Waals surface area contributed by atoms with Gasteiger partial charge in [-0.15, -0.1) is 12.4 Å². The second kappa shape index (κ2) is 15.6. The molecule has 0 saturated carbocycles. The number of halogens is 1. The highest BCUT2D eigenvalue weighted by atomic mass is 35.5. The molecular formula is C27H39ClN4O5S2. The van der Waals surface area contributed by atoms with Crippen molar-refractivity contribution in [2.75, 3.05) is 72.6 Å². The Morgan fingerprint density at radius 1 is 0.949 bits per heavy atom. The van der Waals surface area contributed by atoms with Gasteiger partial charge in [-0.2, -0.15) is 4.31 Å². The Balaban J connectivity index is 0.00000533. The third-order valence-corrected chi connectivity index (χ3v) is 9.10. The normalized spacial score (nSPS) is 11.8. The average Bonchev–Trinajstić information content (AvgIpc) is 3.33. The average molecular weight is 599 g/mol. The second-order valence-corrected chi connectivity index (χ2v) is 12.1. The molecule has 0 spiro atoms. The summed E-state index contributed by atoms with van der Waals surface area (Å²) in [6.45, 7) is 4.38. The number of nitrogens with zero attached hydrogens (tertiary/aromatic N) is 4. The zero-order valence-corrected chi connectivity index (χ0v) is 25.7. The van der Waals surface area contributed by atoms with Gasteiger partial charge in [0.25, 0.3) is 5.91 Å². The third kappa shape index (κ3) is 8.68. The van der Waals surface area contributed by atoms with E-state index in [9.17, 15) is 13.2 Å². The maximum atomic E-state index is 13.7.